The van der Waals surface area contributed by atoms with Crippen LogP contribution in [0.5, 0.6) is 5.75 Å². The van der Waals surface area contributed by atoms with Gasteiger partial charge in [0.2, 0.25) is 0 Å². The maximum absolute atomic E-state index is 10.8. The molecule has 0 bridgehead atoms. The highest BCUT2D eigenvalue weighted by Crippen LogP contribution is 2.25. The van der Waals surface area contributed by atoms with E-state index in [2.05, 4.69) is 9.88 Å². The molecule has 1 aliphatic rings. The van der Waals surface area contributed by atoms with E-state index in [1.54, 1.807) is 18.2 Å². The third kappa shape index (κ3) is 3.19. The van der Waals surface area contributed by atoms with Crippen LogP contribution in [0.2, 0.25) is 0 Å². The van der Waals surface area contributed by atoms with Gasteiger partial charge in [-0.05, 0) is 48.6 Å². The van der Waals surface area contributed by atoms with Crippen molar-refractivity contribution >= 4 is 11.8 Å². The Labute approximate surface area is 128 Å². The molecule has 22 heavy (non-hydrogen) atoms. The lowest BCUT2D eigenvalue weighted by Crippen LogP contribution is -2.21. The number of pyridine rings is 1. The van der Waals surface area contributed by atoms with Crippen LogP contribution in [0, 0.1) is 5.92 Å². The van der Waals surface area contributed by atoms with Crippen molar-refractivity contribution in [1.29, 1.82) is 0 Å². The molecule has 1 aromatic carbocycles. The van der Waals surface area contributed by atoms with Crippen LogP contribution in [0.3, 0.4) is 0 Å². The number of aromatic carboxylic acids is 1. The predicted molar refractivity (Wildman–Crippen MR) is 83.3 cm³/mol. The molecule has 1 atom stereocenters. The molecule has 0 spiro atoms. The molecule has 0 amide bonds. The lowest BCUT2D eigenvalue weighted by molar-refractivity contribution is 0.0696. The van der Waals surface area contributed by atoms with Gasteiger partial charge in [0, 0.05) is 19.3 Å². The molecule has 5 nitrogen and oxygen atoms in total. The average Bonchev–Trinajstić information content (AvgIpc) is 2.96. The fourth-order valence-electron chi connectivity index (χ4n) is 2.92. The minimum atomic E-state index is -0.956. The Morgan fingerprint density at radius 1 is 1.32 bits per heavy atom. The Balaban J connectivity index is 1.63. The van der Waals surface area contributed by atoms with E-state index in [1.807, 2.05) is 18.2 Å². The van der Waals surface area contributed by atoms with Crippen molar-refractivity contribution < 1.29 is 15.0 Å². The van der Waals surface area contributed by atoms with Crippen LogP contribution in [0.1, 0.15) is 22.3 Å². The normalized spacial score (nSPS) is 17.6. The third-order valence-corrected chi connectivity index (χ3v) is 4.04. The van der Waals surface area contributed by atoms with Gasteiger partial charge in [0.05, 0.1) is 5.56 Å². The molecular formula is C17H18N2O3. The first kappa shape index (κ1) is 14.4. The van der Waals surface area contributed by atoms with Crippen molar-refractivity contribution in [2.75, 3.05) is 18.0 Å². The SMILES string of the molecule is O=C(O)c1ccc(N2CCC(Cc3cccc(O)c3)C2)nc1. The van der Waals surface area contributed by atoms with Crippen molar-refractivity contribution in [2.45, 2.75) is 12.8 Å². The molecule has 1 aliphatic heterocycles. The quantitative estimate of drug-likeness (QED) is 0.907. The van der Waals surface area contributed by atoms with Crippen molar-refractivity contribution in [3.63, 3.8) is 0 Å². The van der Waals surface area contributed by atoms with Crippen molar-refractivity contribution in [2.24, 2.45) is 5.92 Å². The summed E-state index contributed by atoms with van der Waals surface area (Å²) in [5.41, 5.74) is 1.35. The number of rotatable bonds is 4. The lowest BCUT2D eigenvalue weighted by atomic mass is 9.99. The number of hydrogen-bond acceptors (Lipinski definition) is 4. The van der Waals surface area contributed by atoms with Gasteiger partial charge in [-0.3, -0.25) is 0 Å². The number of carbonyl (C=O) groups is 1. The number of carboxylic acid groups (broad SMARTS) is 1. The summed E-state index contributed by atoms with van der Waals surface area (Å²) in [5.74, 6) is 0.687. The number of aromatic hydroxyl groups is 1. The van der Waals surface area contributed by atoms with Crippen molar-refractivity contribution in [1.82, 2.24) is 4.98 Å². The smallest absolute Gasteiger partial charge is 0.337 e. The largest absolute Gasteiger partial charge is 0.508 e. The number of benzene rings is 1. The van der Waals surface area contributed by atoms with Gasteiger partial charge in [0.15, 0.2) is 0 Å². The van der Waals surface area contributed by atoms with Crippen LogP contribution >= 0.6 is 0 Å². The van der Waals surface area contributed by atoms with Gasteiger partial charge in [-0.1, -0.05) is 12.1 Å². The number of hydrogen-bond donors (Lipinski definition) is 2. The first-order valence-electron chi connectivity index (χ1n) is 7.34. The first-order valence-corrected chi connectivity index (χ1v) is 7.34. The first-order chi connectivity index (χ1) is 10.6. The van der Waals surface area contributed by atoms with Gasteiger partial charge in [0.1, 0.15) is 11.6 Å². The Kier molecular flexibility index (Phi) is 3.96. The summed E-state index contributed by atoms with van der Waals surface area (Å²) < 4.78 is 0. The molecule has 0 radical (unpaired) electrons. The van der Waals surface area contributed by atoms with Crippen LogP contribution in [-0.2, 0) is 6.42 Å². The van der Waals surface area contributed by atoms with E-state index >= 15 is 0 Å². The summed E-state index contributed by atoms with van der Waals surface area (Å²) >= 11 is 0. The Bertz CT molecular complexity index is 670. The van der Waals surface area contributed by atoms with E-state index in [0.29, 0.717) is 11.7 Å². The van der Waals surface area contributed by atoms with Gasteiger partial charge in [-0.15, -0.1) is 0 Å². The van der Waals surface area contributed by atoms with E-state index in [-0.39, 0.29) is 5.56 Å². The number of phenols is 1. The molecule has 3 rings (SSSR count). The zero-order valence-electron chi connectivity index (χ0n) is 12.1. The van der Waals surface area contributed by atoms with Crippen LogP contribution in [0.15, 0.2) is 42.6 Å². The van der Waals surface area contributed by atoms with Crippen LogP contribution in [0.25, 0.3) is 0 Å². The fraction of sp³-hybridized carbons (Fsp3) is 0.294. The molecule has 2 heterocycles. The molecule has 0 saturated carbocycles. The van der Waals surface area contributed by atoms with Crippen molar-refractivity contribution in [3.05, 3.63) is 53.7 Å². The average molecular weight is 298 g/mol. The van der Waals surface area contributed by atoms with E-state index in [9.17, 15) is 9.90 Å². The highest BCUT2D eigenvalue weighted by Gasteiger charge is 2.23. The molecule has 0 aliphatic carbocycles. The lowest BCUT2D eigenvalue weighted by Gasteiger charge is -2.17. The van der Waals surface area contributed by atoms with Gasteiger partial charge < -0.3 is 15.1 Å². The molecule has 2 aromatic rings. The minimum absolute atomic E-state index is 0.208. The van der Waals surface area contributed by atoms with E-state index < -0.39 is 5.97 Å². The summed E-state index contributed by atoms with van der Waals surface area (Å²) in [7, 11) is 0. The molecular weight excluding hydrogens is 280 g/mol. The van der Waals surface area contributed by atoms with Gasteiger partial charge in [-0.25, -0.2) is 9.78 Å². The Hall–Kier alpha value is -2.56. The molecule has 114 valence electrons. The standard InChI is InChI=1S/C17H18N2O3/c20-15-3-1-2-12(9-15)8-13-6-7-19(11-13)16-5-4-14(10-18-16)17(21)22/h1-5,9-10,13,20H,6-8,11H2,(H,21,22). The summed E-state index contributed by atoms with van der Waals surface area (Å²) in [6.07, 6.45) is 3.40. The van der Waals surface area contributed by atoms with Crippen LogP contribution in [0.4, 0.5) is 5.82 Å². The second-order valence-corrected chi connectivity index (χ2v) is 5.68. The van der Waals surface area contributed by atoms with E-state index in [0.717, 1.165) is 37.3 Å². The molecule has 5 heteroatoms. The monoisotopic (exact) mass is 298 g/mol. The summed E-state index contributed by atoms with van der Waals surface area (Å²) in [5, 5.41) is 18.4. The zero-order valence-corrected chi connectivity index (χ0v) is 12.1. The van der Waals surface area contributed by atoms with E-state index in [4.69, 9.17) is 5.11 Å². The highest BCUT2D eigenvalue weighted by atomic mass is 16.4. The number of carboxylic acids is 1. The number of anilines is 1. The summed E-state index contributed by atoms with van der Waals surface area (Å²) in [6, 6.07) is 10.7. The van der Waals surface area contributed by atoms with Gasteiger partial charge in [-0.2, -0.15) is 0 Å². The Morgan fingerprint density at radius 2 is 2.18 bits per heavy atom. The molecule has 2 N–H and O–H groups in total. The maximum atomic E-state index is 10.8. The minimum Gasteiger partial charge on any atom is -0.508 e. The second-order valence-electron chi connectivity index (χ2n) is 5.68. The van der Waals surface area contributed by atoms with Crippen molar-refractivity contribution in [3.8, 4) is 5.75 Å². The second kappa shape index (κ2) is 6.05. The molecule has 1 aromatic heterocycles. The number of nitrogens with zero attached hydrogens (tertiary/aromatic N) is 2. The topological polar surface area (TPSA) is 73.7 Å². The number of phenolic OH excluding ortho intramolecular Hbond substituents is 1. The Morgan fingerprint density at radius 3 is 2.86 bits per heavy atom. The van der Waals surface area contributed by atoms with Crippen LogP contribution in [-0.4, -0.2) is 34.3 Å². The van der Waals surface area contributed by atoms with E-state index in [1.165, 1.54) is 6.20 Å². The molecule has 1 unspecified atom stereocenters. The summed E-state index contributed by atoms with van der Waals surface area (Å²) in [6.45, 7) is 1.82. The fourth-order valence-corrected chi connectivity index (χ4v) is 2.92. The van der Waals surface area contributed by atoms with Gasteiger partial charge in [0.25, 0.3) is 0 Å². The highest BCUT2D eigenvalue weighted by molar-refractivity contribution is 5.87. The molecule has 1 fully saturated rings. The molecule has 1 saturated heterocycles. The van der Waals surface area contributed by atoms with Gasteiger partial charge >= 0.3 is 5.97 Å². The zero-order chi connectivity index (χ0) is 15.5. The predicted octanol–water partition coefficient (Wildman–Crippen LogP) is 2.55. The maximum Gasteiger partial charge on any atom is 0.337 e. The number of aromatic nitrogens is 1. The van der Waals surface area contributed by atoms with Crippen LogP contribution < -0.4 is 4.90 Å². The summed E-state index contributed by atoms with van der Waals surface area (Å²) in [4.78, 5) is 17.3. The third-order valence-electron chi connectivity index (χ3n) is 4.04.